The largest absolute Gasteiger partial charge is 0.497 e. The SMILES string of the molecule is CNC(=O)c1cc(OC)ccc1CC1(O)c2ccccc2C(=O)N1C. The molecule has 0 aliphatic carbocycles. The Morgan fingerprint density at radius 1 is 1.28 bits per heavy atom. The minimum atomic E-state index is -1.51. The Morgan fingerprint density at radius 3 is 2.68 bits per heavy atom. The molecule has 25 heavy (non-hydrogen) atoms. The normalized spacial score (nSPS) is 18.9. The zero-order chi connectivity index (χ0) is 18.2. The van der Waals surface area contributed by atoms with Gasteiger partial charge in [0, 0.05) is 37.2 Å². The molecule has 2 aromatic carbocycles. The highest BCUT2D eigenvalue weighted by atomic mass is 16.5. The third kappa shape index (κ3) is 2.64. The highest BCUT2D eigenvalue weighted by Gasteiger charge is 2.46. The van der Waals surface area contributed by atoms with Crippen LogP contribution >= 0.6 is 0 Å². The lowest BCUT2D eigenvalue weighted by molar-refractivity contribution is -0.0716. The van der Waals surface area contributed by atoms with E-state index in [0.29, 0.717) is 28.0 Å². The van der Waals surface area contributed by atoms with Gasteiger partial charge in [-0.1, -0.05) is 24.3 Å². The van der Waals surface area contributed by atoms with Crippen LogP contribution < -0.4 is 10.1 Å². The Balaban J connectivity index is 2.08. The first-order chi connectivity index (χ1) is 11.9. The summed E-state index contributed by atoms with van der Waals surface area (Å²) in [6.45, 7) is 0. The molecule has 2 aromatic rings. The first-order valence-electron chi connectivity index (χ1n) is 7.91. The smallest absolute Gasteiger partial charge is 0.256 e. The Labute approximate surface area is 146 Å². The number of hydrogen-bond donors (Lipinski definition) is 2. The van der Waals surface area contributed by atoms with E-state index >= 15 is 0 Å². The number of nitrogens with zero attached hydrogens (tertiary/aromatic N) is 1. The maximum atomic E-state index is 12.4. The van der Waals surface area contributed by atoms with E-state index in [2.05, 4.69) is 5.32 Å². The Kier molecular flexibility index (Phi) is 4.22. The van der Waals surface area contributed by atoms with Crippen LogP contribution in [0.4, 0.5) is 0 Å². The maximum Gasteiger partial charge on any atom is 0.256 e. The quantitative estimate of drug-likeness (QED) is 0.885. The number of hydrogen-bond acceptors (Lipinski definition) is 4. The van der Waals surface area contributed by atoms with Crippen molar-refractivity contribution >= 4 is 11.8 Å². The van der Waals surface area contributed by atoms with Gasteiger partial charge in [0.2, 0.25) is 0 Å². The van der Waals surface area contributed by atoms with E-state index in [9.17, 15) is 14.7 Å². The highest BCUT2D eigenvalue weighted by molar-refractivity contribution is 6.00. The number of aliphatic hydroxyl groups is 1. The van der Waals surface area contributed by atoms with Crippen LogP contribution in [0.25, 0.3) is 0 Å². The average Bonchev–Trinajstić information content (AvgIpc) is 2.83. The molecular weight excluding hydrogens is 320 g/mol. The second kappa shape index (κ2) is 6.22. The molecule has 6 heteroatoms. The molecule has 1 atom stereocenters. The fraction of sp³-hybridized carbons (Fsp3) is 0.263. The Hall–Kier alpha value is -2.86. The van der Waals surface area contributed by atoms with E-state index < -0.39 is 5.72 Å². The van der Waals surface area contributed by atoms with Crippen LogP contribution in [-0.2, 0) is 12.1 Å². The van der Waals surface area contributed by atoms with E-state index in [4.69, 9.17) is 4.74 Å². The fourth-order valence-corrected chi connectivity index (χ4v) is 3.21. The van der Waals surface area contributed by atoms with Gasteiger partial charge >= 0.3 is 0 Å². The number of methoxy groups -OCH3 is 1. The Bertz CT molecular complexity index is 849. The highest BCUT2D eigenvalue weighted by Crippen LogP contribution is 2.39. The van der Waals surface area contributed by atoms with Crippen molar-refractivity contribution in [3.05, 3.63) is 64.7 Å². The van der Waals surface area contributed by atoms with E-state index in [1.807, 2.05) is 0 Å². The number of benzene rings is 2. The lowest BCUT2D eigenvalue weighted by Crippen LogP contribution is -2.43. The molecule has 0 radical (unpaired) electrons. The molecule has 0 aromatic heterocycles. The van der Waals surface area contributed by atoms with Crippen LogP contribution in [0.5, 0.6) is 5.75 Å². The van der Waals surface area contributed by atoms with Gasteiger partial charge in [0.25, 0.3) is 11.8 Å². The predicted molar refractivity (Wildman–Crippen MR) is 92.5 cm³/mol. The lowest BCUT2D eigenvalue weighted by Gasteiger charge is -2.32. The van der Waals surface area contributed by atoms with Crippen molar-refractivity contribution in [1.82, 2.24) is 10.2 Å². The van der Waals surface area contributed by atoms with E-state index in [1.54, 1.807) is 56.6 Å². The summed E-state index contributed by atoms with van der Waals surface area (Å²) in [6, 6.07) is 12.1. The monoisotopic (exact) mass is 340 g/mol. The van der Waals surface area contributed by atoms with Crippen LogP contribution in [0.1, 0.15) is 31.8 Å². The maximum absolute atomic E-state index is 12.4. The molecule has 0 saturated carbocycles. The summed E-state index contributed by atoms with van der Waals surface area (Å²) >= 11 is 0. The number of fused-ring (bicyclic) bond motifs is 1. The van der Waals surface area contributed by atoms with Gasteiger partial charge in [-0.05, 0) is 23.8 Å². The second-order valence-corrected chi connectivity index (χ2v) is 6.01. The van der Waals surface area contributed by atoms with Crippen molar-refractivity contribution in [3.63, 3.8) is 0 Å². The summed E-state index contributed by atoms with van der Waals surface area (Å²) in [5.74, 6) is 0.0245. The molecule has 0 bridgehead atoms. The second-order valence-electron chi connectivity index (χ2n) is 6.01. The third-order valence-corrected chi connectivity index (χ3v) is 4.67. The zero-order valence-electron chi connectivity index (χ0n) is 14.4. The molecule has 3 rings (SSSR count). The van der Waals surface area contributed by atoms with Crippen molar-refractivity contribution in [2.24, 2.45) is 0 Å². The van der Waals surface area contributed by atoms with E-state index in [0.717, 1.165) is 0 Å². The molecule has 0 fully saturated rings. The van der Waals surface area contributed by atoms with Gasteiger partial charge in [-0.2, -0.15) is 0 Å². The molecule has 6 nitrogen and oxygen atoms in total. The molecule has 0 spiro atoms. The van der Waals surface area contributed by atoms with Crippen LogP contribution in [0.15, 0.2) is 42.5 Å². The van der Waals surface area contributed by atoms with Gasteiger partial charge < -0.3 is 20.1 Å². The number of rotatable bonds is 4. The summed E-state index contributed by atoms with van der Waals surface area (Å²) in [7, 11) is 4.63. The van der Waals surface area contributed by atoms with E-state index in [-0.39, 0.29) is 18.2 Å². The molecule has 0 saturated heterocycles. The number of likely N-dealkylation sites (N-methyl/N-ethyl adjacent to an activating group) is 1. The minimum Gasteiger partial charge on any atom is -0.497 e. The molecule has 130 valence electrons. The number of carbonyl (C=O) groups excluding carboxylic acids is 2. The molecule has 2 N–H and O–H groups in total. The van der Waals surface area contributed by atoms with Gasteiger partial charge in [0.05, 0.1) is 7.11 Å². The first-order valence-corrected chi connectivity index (χ1v) is 7.91. The van der Waals surface area contributed by atoms with Gasteiger partial charge in [-0.15, -0.1) is 0 Å². The van der Waals surface area contributed by atoms with Crippen LogP contribution in [0.3, 0.4) is 0 Å². The van der Waals surface area contributed by atoms with Gasteiger partial charge in [-0.25, -0.2) is 0 Å². The van der Waals surface area contributed by atoms with Crippen molar-refractivity contribution in [2.75, 3.05) is 21.2 Å². The van der Waals surface area contributed by atoms with Crippen LogP contribution in [-0.4, -0.2) is 43.0 Å². The number of ether oxygens (including phenoxy) is 1. The van der Waals surface area contributed by atoms with Gasteiger partial charge in [0.1, 0.15) is 5.75 Å². The van der Waals surface area contributed by atoms with Gasteiger partial charge in [0.15, 0.2) is 5.72 Å². The summed E-state index contributed by atoms with van der Waals surface area (Å²) in [5, 5.41) is 13.9. The zero-order valence-corrected chi connectivity index (χ0v) is 14.4. The molecule has 1 aliphatic rings. The molecule has 1 heterocycles. The molecule has 1 unspecified atom stereocenters. The number of amides is 2. The van der Waals surface area contributed by atoms with Crippen LogP contribution in [0, 0.1) is 0 Å². The summed E-state index contributed by atoms with van der Waals surface area (Å²) in [4.78, 5) is 26.0. The first kappa shape index (κ1) is 17.0. The molecular formula is C19H20N2O4. The topological polar surface area (TPSA) is 78.9 Å². The number of carbonyl (C=O) groups is 2. The standard InChI is InChI=1S/C19H20N2O4/c1-20-17(22)15-10-13(25-3)9-8-12(15)11-19(24)16-7-5-4-6-14(16)18(23)21(19)2/h4-10,24H,11H2,1-3H3,(H,20,22). The summed E-state index contributed by atoms with van der Waals surface area (Å²) in [5.41, 5.74) is 0.536. The third-order valence-electron chi connectivity index (χ3n) is 4.67. The van der Waals surface area contributed by atoms with Gasteiger partial charge in [-0.3, -0.25) is 9.59 Å². The predicted octanol–water partition coefficient (Wildman–Crippen LogP) is 1.53. The van der Waals surface area contributed by atoms with E-state index in [1.165, 1.54) is 12.0 Å². The lowest BCUT2D eigenvalue weighted by atomic mass is 9.91. The molecule has 1 aliphatic heterocycles. The minimum absolute atomic E-state index is 0.0962. The average molecular weight is 340 g/mol. The van der Waals surface area contributed by atoms with Crippen molar-refractivity contribution < 1.29 is 19.4 Å². The fourth-order valence-electron chi connectivity index (χ4n) is 3.21. The summed E-state index contributed by atoms with van der Waals surface area (Å²) < 4.78 is 5.19. The van der Waals surface area contributed by atoms with Crippen molar-refractivity contribution in [2.45, 2.75) is 12.1 Å². The summed E-state index contributed by atoms with van der Waals surface area (Å²) in [6.07, 6.45) is 0.0962. The van der Waals surface area contributed by atoms with Crippen molar-refractivity contribution in [1.29, 1.82) is 0 Å². The number of nitrogens with one attached hydrogen (secondary N) is 1. The van der Waals surface area contributed by atoms with Crippen LogP contribution in [0.2, 0.25) is 0 Å². The Morgan fingerprint density at radius 2 is 2.00 bits per heavy atom. The molecule has 2 amide bonds. The van der Waals surface area contributed by atoms with Crippen molar-refractivity contribution in [3.8, 4) is 5.75 Å².